The molecule has 0 bridgehead atoms. The first kappa shape index (κ1) is 21.0. The highest BCUT2D eigenvalue weighted by Gasteiger charge is 2.33. The van der Waals surface area contributed by atoms with Crippen LogP contribution in [-0.4, -0.2) is 39.8 Å². The van der Waals surface area contributed by atoms with Crippen LogP contribution < -0.4 is 21.7 Å². The van der Waals surface area contributed by atoms with E-state index >= 15 is 0 Å². The molecule has 0 aromatic carbocycles. The van der Waals surface area contributed by atoms with Gasteiger partial charge in [0.15, 0.2) is 11.4 Å². The number of furan rings is 1. The predicted molar refractivity (Wildman–Crippen MR) is 109 cm³/mol. The minimum atomic E-state index is -4.59. The Morgan fingerprint density at radius 2 is 2.06 bits per heavy atom. The topological polar surface area (TPSA) is 128 Å². The van der Waals surface area contributed by atoms with Crippen molar-refractivity contribution in [2.24, 2.45) is 12.8 Å². The molecule has 3 aromatic rings. The maximum Gasteiger partial charge on any atom is 0.418 e. The number of halogens is 3. The van der Waals surface area contributed by atoms with Crippen LogP contribution in [0, 0.1) is 0 Å². The lowest BCUT2D eigenvalue weighted by Gasteiger charge is -2.24. The standard InChI is InChI=1S/C19H22F3N7O2/c1-28-18(29-5-2-3-11(23)4-6-29)12(9-26-28)27-17(30)14-15-13(31-16(14)24)7-10(8-25-15)19(20,21)22/h7-9,11H,2-6,23-24H2,1H3,(H,27,30)/t11-/m0/s1. The highest BCUT2D eigenvalue weighted by molar-refractivity contribution is 6.15. The minimum Gasteiger partial charge on any atom is -0.438 e. The molecule has 1 saturated heterocycles. The molecule has 0 radical (unpaired) electrons. The highest BCUT2D eigenvalue weighted by atomic mass is 19.4. The molecule has 1 fully saturated rings. The van der Waals surface area contributed by atoms with Crippen LogP contribution in [0.2, 0.25) is 0 Å². The molecule has 1 aliphatic rings. The SMILES string of the molecule is Cn1ncc(NC(=O)c2c(N)oc3cc(C(F)(F)F)cnc23)c1N1CCC[C@H](N)CC1. The summed E-state index contributed by atoms with van der Waals surface area (Å²) in [5.74, 6) is -0.254. The molecule has 9 nitrogen and oxygen atoms in total. The van der Waals surface area contributed by atoms with E-state index in [1.54, 1.807) is 11.7 Å². The molecule has 3 aromatic heterocycles. The Morgan fingerprint density at radius 1 is 1.29 bits per heavy atom. The highest BCUT2D eigenvalue weighted by Crippen LogP contribution is 2.34. The number of nitrogens with zero attached hydrogens (tertiary/aromatic N) is 4. The lowest BCUT2D eigenvalue weighted by Crippen LogP contribution is -2.29. The lowest BCUT2D eigenvalue weighted by molar-refractivity contribution is -0.137. The molecule has 1 aliphatic heterocycles. The van der Waals surface area contributed by atoms with Crippen LogP contribution in [0.4, 0.5) is 30.6 Å². The number of hydrogen-bond donors (Lipinski definition) is 3. The van der Waals surface area contributed by atoms with Gasteiger partial charge in [-0.25, -0.2) is 0 Å². The summed E-state index contributed by atoms with van der Waals surface area (Å²) in [6.07, 6.45) is 0.189. The van der Waals surface area contributed by atoms with E-state index < -0.39 is 17.6 Å². The first-order valence-corrected chi connectivity index (χ1v) is 9.74. The Morgan fingerprint density at radius 3 is 2.81 bits per heavy atom. The van der Waals surface area contributed by atoms with Gasteiger partial charge in [-0.3, -0.25) is 14.5 Å². The zero-order valence-corrected chi connectivity index (χ0v) is 16.7. The number of nitrogens with one attached hydrogen (secondary N) is 1. The third kappa shape index (κ3) is 4.02. The number of rotatable bonds is 3. The van der Waals surface area contributed by atoms with E-state index in [1.165, 1.54) is 6.20 Å². The summed E-state index contributed by atoms with van der Waals surface area (Å²) in [5.41, 5.74) is 10.9. The van der Waals surface area contributed by atoms with Crippen molar-refractivity contribution in [1.82, 2.24) is 14.8 Å². The second-order valence-corrected chi connectivity index (χ2v) is 7.55. The number of amides is 1. The molecule has 0 saturated carbocycles. The van der Waals surface area contributed by atoms with E-state index in [1.807, 2.05) is 0 Å². The first-order valence-electron chi connectivity index (χ1n) is 9.74. The molecule has 0 aliphatic carbocycles. The summed E-state index contributed by atoms with van der Waals surface area (Å²) in [4.78, 5) is 18.8. The Balaban J connectivity index is 1.64. The number of pyridine rings is 1. The third-order valence-electron chi connectivity index (χ3n) is 5.34. The van der Waals surface area contributed by atoms with Gasteiger partial charge >= 0.3 is 6.18 Å². The monoisotopic (exact) mass is 437 g/mol. The number of hydrogen-bond acceptors (Lipinski definition) is 7. The Bertz CT molecular complexity index is 1120. The fourth-order valence-electron chi connectivity index (χ4n) is 3.78. The van der Waals surface area contributed by atoms with E-state index in [-0.39, 0.29) is 28.6 Å². The van der Waals surface area contributed by atoms with Gasteiger partial charge in [0.05, 0.1) is 11.8 Å². The molecule has 1 atom stereocenters. The number of anilines is 3. The number of fused-ring (bicyclic) bond motifs is 1. The van der Waals surface area contributed by atoms with Crippen molar-refractivity contribution in [3.8, 4) is 0 Å². The average Bonchev–Trinajstić information content (AvgIpc) is 3.13. The van der Waals surface area contributed by atoms with Gasteiger partial charge in [-0.15, -0.1) is 0 Å². The van der Waals surface area contributed by atoms with Gasteiger partial charge in [0, 0.05) is 32.4 Å². The number of aryl methyl sites for hydroxylation is 1. The van der Waals surface area contributed by atoms with Crippen LogP contribution in [-0.2, 0) is 13.2 Å². The maximum atomic E-state index is 13.0. The molecule has 12 heteroatoms. The number of aromatic nitrogens is 3. The summed E-state index contributed by atoms with van der Waals surface area (Å²) < 4.78 is 45.6. The third-order valence-corrected chi connectivity index (χ3v) is 5.34. The van der Waals surface area contributed by atoms with Gasteiger partial charge in [-0.1, -0.05) is 0 Å². The molecule has 4 heterocycles. The summed E-state index contributed by atoms with van der Waals surface area (Å²) in [6, 6.07) is 0.895. The Labute approximate surface area is 175 Å². The van der Waals surface area contributed by atoms with E-state index in [0.717, 1.165) is 31.9 Å². The Kier molecular flexibility index (Phi) is 5.25. The number of nitrogen functional groups attached to an aromatic ring is 1. The molecule has 4 rings (SSSR count). The van der Waals surface area contributed by atoms with E-state index in [9.17, 15) is 18.0 Å². The lowest BCUT2D eigenvalue weighted by atomic mass is 10.1. The zero-order chi connectivity index (χ0) is 22.3. The second-order valence-electron chi connectivity index (χ2n) is 7.55. The number of nitrogens with two attached hydrogens (primary N) is 2. The van der Waals surface area contributed by atoms with Gasteiger partial charge in [-0.05, 0) is 25.3 Å². The van der Waals surface area contributed by atoms with Crippen molar-refractivity contribution in [2.75, 3.05) is 29.0 Å². The van der Waals surface area contributed by atoms with Crippen LogP contribution in [0.25, 0.3) is 11.1 Å². The van der Waals surface area contributed by atoms with Crippen molar-refractivity contribution >= 4 is 34.4 Å². The number of carbonyl (C=O) groups excluding carboxylic acids is 1. The molecular weight excluding hydrogens is 415 g/mol. The number of carbonyl (C=O) groups is 1. The van der Waals surface area contributed by atoms with E-state index in [2.05, 4.69) is 20.3 Å². The fraction of sp³-hybridized carbons (Fsp3) is 0.421. The minimum absolute atomic E-state index is 0.0470. The quantitative estimate of drug-likeness (QED) is 0.575. The van der Waals surface area contributed by atoms with Crippen LogP contribution in [0.15, 0.2) is 22.9 Å². The van der Waals surface area contributed by atoms with Crippen molar-refractivity contribution in [3.05, 3.63) is 29.6 Å². The molecular formula is C19H22F3N7O2. The normalized spacial score (nSPS) is 17.7. The van der Waals surface area contributed by atoms with Gasteiger partial charge in [0.25, 0.3) is 5.91 Å². The average molecular weight is 437 g/mol. The van der Waals surface area contributed by atoms with Gasteiger partial charge in [0.1, 0.15) is 16.8 Å². The fourth-order valence-corrected chi connectivity index (χ4v) is 3.78. The summed E-state index contributed by atoms with van der Waals surface area (Å²) in [5, 5.41) is 6.98. The summed E-state index contributed by atoms with van der Waals surface area (Å²) in [6.45, 7) is 1.47. The van der Waals surface area contributed by atoms with Crippen LogP contribution in [0.1, 0.15) is 35.2 Å². The van der Waals surface area contributed by atoms with Crippen LogP contribution in [0.5, 0.6) is 0 Å². The van der Waals surface area contributed by atoms with Gasteiger partial charge < -0.3 is 26.1 Å². The maximum absolute atomic E-state index is 13.0. The molecule has 166 valence electrons. The van der Waals surface area contributed by atoms with E-state index in [4.69, 9.17) is 15.9 Å². The van der Waals surface area contributed by atoms with Crippen LogP contribution >= 0.6 is 0 Å². The Hall–Kier alpha value is -3.28. The first-order chi connectivity index (χ1) is 14.6. The smallest absolute Gasteiger partial charge is 0.418 e. The van der Waals surface area contributed by atoms with Gasteiger partial charge in [-0.2, -0.15) is 18.3 Å². The van der Waals surface area contributed by atoms with Gasteiger partial charge in [0.2, 0.25) is 5.88 Å². The predicted octanol–water partition coefficient (Wildman–Crippen LogP) is 2.73. The van der Waals surface area contributed by atoms with Crippen molar-refractivity contribution in [3.63, 3.8) is 0 Å². The molecule has 0 spiro atoms. The van der Waals surface area contributed by atoms with Crippen molar-refractivity contribution in [2.45, 2.75) is 31.5 Å². The van der Waals surface area contributed by atoms with Crippen molar-refractivity contribution < 1.29 is 22.4 Å². The molecule has 1 amide bonds. The van der Waals surface area contributed by atoms with Crippen LogP contribution in [0.3, 0.4) is 0 Å². The zero-order valence-electron chi connectivity index (χ0n) is 16.7. The molecule has 0 unspecified atom stereocenters. The second kappa shape index (κ2) is 7.76. The largest absolute Gasteiger partial charge is 0.438 e. The van der Waals surface area contributed by atoms with Crippen molar-refractivity contribution in [1.29, 1.82) is 0 Å². The molecule has 31 heavy (non-hydrogen) atoms. The number of alkyl halides is 3. The summed E-state index contributed by atoms with van der Waals surface area (Å²) in [7, 11) is 1.76. The van der Waals surface area contributed by atoms with E-state index in [0.29, 0.717) is 24.2 Å². The summed E-state index contributed by atoms with van der Waals surface area (Å²) >= 11 is 0. The molecule has 5 N–H and O–H groups in total.